The summed E-state index contributed by atoms with van der Waals surface area (Å²) < 4.78 is 0.888. The van der Waals surface area contributed by atoms with E-state index in [1.807, 2.05) is 6.07 Å². The molecule has 1 heterocycles. The molecule has 0 aromatic carbocycles. The summed E-state index contributed by atoms with van der Waals surface area (Å²) in [7, 11) is 0. The van der Waals surface area contributed by atoms with Crippen molar-refractivity contribution < 1.29 is 4.79 Å². The molecule has 5 nitrogen and oxygen atoms in total. The third-order valence-electron chi connectivity index (χ3n) is 3.86. The van der Waals surface area contributed by atoms with Crippen LogP contribution in [0.2, 0.25) is 0 Å². The monoisotopic (exact) mass is 310 g/mol. The number of pyridine rings is 1. The minimum absolute atomic E-state index is 0.199. The summed E-state index contributed by atoms with van der Waals surface area (Å²) in [6.45, 7) is 0. The van der Waals surface area contributed by atoms with E-state index in [0.29, 0.717) is 17.3 Å². The smallest absolute Gasteiger partial charge is 0.320 e. The van der Waals surface area contributed by atoms with Gasteiger partial charge in [-0.25, -0.2) is 9.78 Å². The van der Waals surface area contributed by atoms with E-state index in [1.165, 1.54) is 0 Å². The van der Waals surface area contributed by atoms with Crippen LogP contribution in [0.1, 0.15) is 19.3 Å². The summed E-state index contributed by atoms with van der Waals surface area (Å²) in [6, 6.07) is 3.98. The molecule has 0 aliphatic heterocycles. The average molecular weight is 311 g/mol. The van der Waals surface area contributed by atoms with Crippen LogP contribution in [0.25, 0.3) is 0 Å². The van der Waals surface area contributed by atoms with E-state index in [4.69, 9.17) is 5.73 Å². The fourth-order valence-electron chi connectivity index (χ4n) is 2.68. The molecule has 1 aromatic heterocycles. The Kier molecular flexibility index (Phi) is 2.79. The van der Waals surface area contributed by atoms with Crippen LogP contribution in [0, 0.1) is 5.41 Å². The van der Waals surface area contributed by atoms with Crippen molar-refractivity contribution in [2.24, 2.45) is 11.1 Å². The molecule has 2 aliphatic carbocycles. The highest BCUT2D eigenvalue weighted by Crippen LogP contribution is 2.59. The van der Waals surface area contributed by atoms with Crippen molar-refractivity contribution in [1.82, 2.24) is 10.3 Å². The van der Waals surface area contributed by atoms with Crippen LogP contribution >= 0.6 is 15.9 Å². The van der Waals surface area contributed by atoms with Gasteiger partial charge in [0, 0.05) is 22.8 Å². The molecule has 6 heteroatoms. The SMILES string of the molecule is NC1CC12CC(NC(=O)Nc1cc(Br)ccn1)C2. The van der Waals surface area contributed by atoms with Crippen molar-refractivity contribution in [3.8, 4) is 0 Å². The molecule has 3 rings (SSSR count). The lowest BCUT2D eigenvalue weighted by molar-refractivity contribution is 0.190. The van der Waals surface area contributed by atoms with Gasteiger partial charge in [-0.05, 0) is 36.8 Å². The predicted octanol–water partition coefficient (Wildman–Crippen LogP) is 1.85. The number of urea groups is 1. The van der Waals surface area contributed by atoms with Gasteiger partial charge in [0.05, 0.1) is 0 Å². The van der Waals surface area contributed by atoms with Crippen molar-refractivity contribution in [3.05, 3.63) is 22.8 Å². The van der Waals surface area contributed by atoms with E-state index in [2.05, 4.69) is 31.5 Å². The highest BCUT2D eigenvalue weighted by Gasteiger charge is 2.60. The second-order valence-electron chi connectivity index (χ2n) is 5.24. The first-order valence-electron chi connectivity index (χ1n) is 6.02. The highest BCUT2D eigenvalue weighted by molar-refractivity contribution is 9.10. The normalized spacial score (nSPS) is 32.8. The zero-order valence-electron chi connectivity index (χ0n) is 9.82. The van der Waals surface area contributed by atoms with Crippen molar-refractivity contribution >= 4 is 27.8 Å². The van der Waals surface area contributed by atoms with E-state index >= 15 is 0 Å². The maximum atomic E-state index is 11.7. The van der Waals surface area contributed by atoms with Gasteiger partial charge in [-0.2, -0.15) is 0 Å². The number of rotatable bonds is 2. The molecule has 0 saturated heterocycles. The third kappa shape index (κ3) is 2.22. The predicted molar refractivity (Wildman–Crippen MR) is 72.1 cm³/mol. The zero-order chi connectivity index (χ0) is 12.8. The Morgan fingerprint density at radius 1 is 1.50 bits per heavy atom. The maximum absolute atomic E-state index is 11.7. The van der Waals surface area contributed by atoms with Crippen molar-refractivity contribution in [2.75, 3.05) is 5.32 Å². The van der Waals surface area contributed by atoms with Gasteiger partial charge in [0.25, 0.3) is 0 Å². The summed E-state index contributed by atoms with van der Waals surface area (Å²) in [5.74, 6) is 0.541. The molecule has 1 unspecified atom stereocenters. The Balaban J connectivity index is 1.48. The quantitative estimate of drug-likeness (QED) is 0.780. The fraction of sp³-hybridized carbons (Fsp3) is 0.500. The van der Waals surface area contributed by atoms with Crippen LogP contribution in [0.3, 0.4) is 0 Å². The largest absolute Gasteiger partial charge is 0.335 e. The molecule has 2 fully saturated rings. The zero-order valence-corrected chi connectivity index (χ0v) is 11.4. The topological polar surface area (TPSA) is 80.0 Å². The number of amides is 2. The number of carbonyl (C=O) groups excluding carboxylic acids is 1. The van der Waals surface area contributed by atoms with Crippen LogP contribution in [0.4, 0.5) is 10.6 Å². The van der Waals surface area contributed by atoms with Gasteiger partial charge in [0.15, 0.2) is 0 Å². The maximum Gasteiger partial charge on any atom is 0.320 e. The number of carbonyl (C=O) groups is 1. The standard InChI is InChI=1S/C12H15BrN4O/c13-7-1-2-15-10(3-7)17-11(18)16-8-4-12(5-8)6-9(12)14/h1-3,8-9H,4-6,14H2,(H2,15,16,17,18). The molecule has 1 aromatic rings. The van der Waals surface area contributed by atoms with Crippen molar-refractivity contribution in [3.63, 3.8) is 0 Å². The summed E-state index contributed by atoms with van der Waals surface area (Å²) >= 11 is 3.33. The number of hydrogen-bond donors (Lipinski definition) is 3. The Morgan fingerprint density at radius 3 is 2.83 bits per heavy atom. The van der Waals surface area contributed by atoms with E-state index < -0.39 is 0 Å². The van der Waals surface area contributed by atoms with Gasteiger partial charge >= 0.3 is 6.03 Å². The minimum Gasteiger partial charge on any atom is -0.335 e. The number of nitrogens with two attached hydrogens (primary N) is 1. The van der Waals surface area contributed by atoms with Gasteiger partial charge < -0.3 is 11.1 Å². The fourth-order valence-corrected chi connectivity index (χ4v) is 3.02. The second-order valence-corrected chi connectivity index (χ2v) is 6.15. The summed E-state index contributed by atoms with van der Waals surface area (Å²) in [4.78, 5) is 15.8. The molecule has 2 amide bonds. The molecular weight excluding hydrogens is 296 g/mol. The number of nitrogens with zero attached hydrogens (tertiary/aromatic N) is 1. The molecule has 18 heavy (non-hydrogen) atoms. The first-order valence-corrected chi connectivity index (χ1v) is 6.81. The van der Waals surface area contributed by atoms with Gasteiger partial charge in [-0.3, -0.25) is 5.32 Å². The summed E-state index contributed by atoms with van der Waals surface area (Å²) in [5.41, 5.74) is 6.21. The van der Waals surface area contributed by atoms with Crippen LogP contribution < -0.4 is 16.4 Å². The summed E-state index contributed by atoms with van der Waals surface area (Å²) in [6.07, 6.45) is 4.77. The van der Waals surface area contributed by atoms with Crippen LogP contribution in [-0.2, 0) is 0 Å². The van der Waals surface area contributed by atoms with Gasteiger partial charge in [-0.15, -0.1) is 0 Å². The van der Waals surface area contributed by atoms with Crippen LogP contribution in [0.15, 0.2) is 22.8 Å². The molecule has 2 saturated carbocycles. The van der Waals surface area contributed by atoms with E-state index in [9.17, 15) is 4.79 Å². The van der Waals surface area contributed by atoms with Crippen LogP contribution in [0.5, 0.6) is 0 Å². The van der Waals surface area contributed by atoms with Crippen molar-refractivity contribution in [2.45, 2.75) is 31.3 Å². The molecule has 96 valence electrons. The number of nitrogens with one attached hydrogen (secondary N) is 2. The molecule has 2 aliphatic rings. The Labute approximate surface area is 114 Å². The number of anilines is 1. The second kappa shape index (κ2) is 4.20. The minimum atomic E-state index is -0.199. The average Bonchev–Trinajstić information content (AvgIpc) is 2.89. The van der Waals surface area contributed by atoms with Gasteiger partial charge in [0.1, 0.15) is 5.82 Å². The number of hydrogen-bond acceptors (Lipinski definition) is 3. The Hall–Kier alpha value is -1.14. The lowest BCUT2D eigenvalue weighted by Crippen LogP contribution is -2.48. The first-order chi connectivity index (χ1) is 8.57. The highest BCUT2D eigenvalue weighted by atomic mass is 79.9. The number of halogens is 1. The van der Waals surface area contributed by atoms with Crippen molar-refractivity contribution in [1.29, 1.82) is 0 Å². The van der Waals surface area contributed by atoms with E-state index in [0.717, 1.165) is 23.7 Å². The molecule has 1 spiro atoms. The van der Waals surface area contributed by atoms with Crippen LogP contribution in [-0.4, -0.2) is 23.1 Å². The number of aromatic nitrogens is 1. The molecule has 4 N–H and O–H groups in total. The lowest BCUT2D eigenvalue weighted by Gasteiger charge is -2.36. The molecule has 1 atom stereocenters. The van der Waals surface area contributed by atoms with E-state index in [-0.39, 0.29) is 12.1 Å². The summed E-state index contributed by atoms with van der Waals surface area (Å²) in [5, 5.41) is 5.66. The molecule has 0 radical (unpaired) electrons. The lowest BCUT2D eigenvalue weighted by atomic mass is 9.76. The van der Waals surface area contributed by atoms with Gasteiger partial charge in [-0.1, -0.05) is 15.9 Å². The third-order valence-corrected chi connectivity index (χ3v) is 4.35. The molecule has 0 bridgehead atoms. The Morgan fingerprint density at radius 2 is 2.22 bits per heavy atom. The van der Waals surface area contributed by atoms with E-state index in [1.54, 1.807) is 12.3 Å². The first kappa shape index (κ1) is 11.9. The Bertz CT molecular complexity index is 487. The molecular formula is C12H15BrN4O. The van der Waals surface area contributed by atoms with Gasteiger partial charge in [0.2, 0.25) is 0 Å².